The van der Waals surface area contributed by atoms with Crippen molar-refractivity contribution in [3.63, 3.8) is 0 Å². The van der Waals surface area contributed by atoms with Crippen molar-refractivity contribution >= 4 is 17.2 Å². The van der Waals surface area contributed by atoms with Crippen molar-refractivity contribution in [2.24, 2.45) is 0 Å². The fourth-order valence-electron chi connectivity index (χ4n) is 5.95. The molecule has 0 N–H and O–H groups in total. The van der Waals surface area contributed by atoms with Crippen LogP contribution < -0.4 is 19.1 Å². The minimum Gasteiger partial charge on any atom is -0.497 e. The van der Waals surface area contributed by atoms with E-state index in [1.54, 1.807) is 14.2 Å². The highest BCUT2D eigenvalue weighted by molar-refractivity contribution is 5.78. The second-order valence-electron chi connectivity index (χ2n) is 11.1. The van der Waals surface area contributed by atoms with E-state index in [-0.39, 0.29) is 18.2 Å². The lowest BCUT2D eigenvalue weighted by atomic mass is 9.91. The zero-order chi connectivity index (χ0) is 30.5. The smallest absolute Gasteiger partial charge is 0.223 e. The maximum atomic E-state index is 13.9. The normalized spacial score (nSPS) is 14.0. The molecule has 1 amide bonds. The number of aryl methyl sites for hydroxylation is 1. The molecule has 226 valence electrons. The first-order chi connectivity index (χ1) is 21.5. The Labute approximate surface area is 258 Å². The molecular formula is C36H38N4O4. The molecule has 0 bridgehead atoms. The molecule has 44 heavy (non-hydrogen) atoms. The zero-order valence-electron chi connectivity index (χ0n) is 25.5. The highest BCUT2D eigenvalue weighted by Gasteiger charge is 2.28. The minimum absolute atomic E-state index is 0.104. The molecule has 8 nitrogen and oxygen atoms in total. The first-order valence-electron chi connectivity index (χ1n) is 15.0. The van der Waals surface area contributed by atoms with E-state index >= 15 is 0 Å². The molecule has 1 saturated heterocycles. The van der Waals surface area contributed by atoms with Gasteiger partial charge in [-0.3, -0.25) is 4.79 Å². The number of nitrogens with zero attached hydrogens (tertiary/aromatic N) is 4. The number of fused-ring (bicyclic) bond motifs is 1. The number of pyridine rings is 1. The van der Waals surface area contributed by atoms with Gasteiger partial charge in [0.25, 0.3) is 0 Å². The summed E-state index contributed by atoms with van der Waals surface area (Å²) in [5.41, 5.74) is 6.09. The summed E-state index contributed by atoms with van der Waals surface area (Å²) in [5, 5.41) is 0. The number of hydrogen-bond donors (Lipinski definition) is 0. The van der Waals surface area contributed by atoms with Gasteiger partial charge in [0.1, 0.15) is 18.1 Å². The predicted molar refractivity (Wildman–Crippen MR) is 172 cm³/mol. The lowest BCUT2D eigenvalue weighted by molar-refractivity contribution is -0.131. The Hall–Kier alpha value is -4.98. The van der Waals surface area contributed by atoms with E-state index in [2.05, 4.69) is 36.1 Å². The maximum Gasteiger partial charge on any atom is 0.223 e. The number of para-hydroxylation sites is 1. The molecule has 8 heteroatoms. The molecule has 3 heterocycles. The molecule has 3 aromatic carbocycles. The summed E-state index contributed by atoms with van der Waals surface area (Å²) < 4.78 is 19.4. The highest BCUT2D eigenvalue weighted by Crippen LogP contribution is 2.36. The number of amides is 1. The zero-order valence-corrected chi connectivity index (χ0v) is 25.5. The average Bonchev–Trinajstić information content (AvgIpc) is 3.51. The summed E-state index contributed by atoms with van der Waals surface area (Å²) in [7, 11) is 3.27. The number of benzene rings is 3. The Balaban J connectivity index is 1.28. The monoisotopic (exact) mass is 590 g/mol. The van der Waals surface area contributed by atoms with E-state index in [9.17, 15) is 4.79 Å². The number of hydrogen-bond acceptors (Lipinski definition) is 6. The summed E-state index contributed by atoms with van der Waals surface area (Å²) in [6.45, 7) is 5.51. The van der Waals surface area contributed by atoms with Crippen LogP contribution in [0.15, 0.2) is 97.3 Å². The van der Waals surface area contributed by atoms with E-state index in [4.69, 9.17) is 19.2 Å². The van der Waals surface area contributed by atoms with Crippen molar-refractivity contribution in [1.82, 2.24) is 14.3 Å². The largest absolute Gasteiger partial charge is 0.497 e. The van der Waals surface area contributed by atoms with Gasteiger partial charge in [-0.2, -0.15) is 0 Å². The second kappa shape index (κ2) is 13.1. The van der Waals surface area contributed by atoms with Crippen LogP contribution in [-0.4, -0.2) is 60.6 Å². The van der Waals surface area contributed by atoms with Gasteiger partial charge in [-0.05, 0) is 53.9 Å². The standard InChI is InChI=1S/C36H38N4O4/c1-26-10-7-8-13-32(26)38-16-18-39(19-17-38)35(41)23-31(28-20-29(42-2)22-30(21-28)43-3)33-24-37-36-34(14-9-15-40(33)36)44-25-27-11-5-4-6-12-27/h4-15,20-22,24,31H,16-19,23,25H2,1-3H3. The van der Waals surface area contributed by atoms with Gasteiger partial charge in [0.15, 0.2) is 11.4 Å². The first kappa shape index (κ1) is 29.1. The van der Waals surface area contributed by atoms with E-state index in [0.717, 1.165) is 29.9 Å². The molecule has 2 aromatic heterocycles. The molecule has 0 spiro atoms. The third-order valence-electron chi connectivity index (χ3n) is 8.37. The lowest BCUT2D eigenvalue weighted by Crippen LogP contribution is -2.49. The number of rotatable bonds is 10. The lowest BCUT2D eigenvalue weighted by Gasteiger charge is -2.37. The third kappa shape index (κ3) is 6.20. The van der Waals surface area contributed by atoms with Crippen molar-refractivity contribution < 1.29 is 19.0 Å². The van der Waals surface area contributed by atoms with Crippen LogP contribution >= 0.6 is 0 Å². The SMILES string of the molecule is COc1cc(OC)cc(C(CC(=O)N2CCN(c3ccccc3C)CC2)c2cnc3c(OCc4ccccc4)cccn23)c1. The van der Waals surface area contributed by atoms with E-state index in [1.807, 2.05) is 82.4 Å². The number of ether oxygens (including phenoxy) is 3. The van der Waals surface area contributed by atoms with E-state index in [0.29, 0.717) is 42.6 Å². The van der Waals surface area contributed by atoms with Crippen molar-refractivity contribution in [2.45, 2.75) is 25.9 Å². The molecule has 1 aliphatic heterocycles. The van der Waals surface area contributed by atoms with Crippen LogP contribution in [0.3, 0.4) is 0 Å². The number of methoxy groups -OCH3 is 2. The molecule has 1 unspecified atom stereocenters. The van der Waals surface area contributed by atoms with Crippen LogP contribution in [0.2, 0.25) is 0 Å². The average molecular weight is 591 g/mol. The molecule has 1 atom stereocenters. The predicted octanol–water partition coefficient (Wildman–Crippen LogP) is 6.11. The summed E-state index contributed by atoms with van der Waals surface area (Å²) >= 11 is 0. The van der Waals surface area contributed by atoms with Crippen LogP contribution in [0.4, 0.5) is 5.69 Å². The maximum absolute atomic E-state index is 13.9. The Morgan fingerprint density at radius 3 is 2.27 bits per heavy atom. The van der Waals surface area contributed by atoms with Gasteiger partial charge < -0.3 is 28.4 Å². The number of anilines is 1. The number of carbonyl (C=O) groups is 1. The molecule has 1 fully saturated rings. The van der Waals surface area contributed by atoms with Crippen LogP contribution in [-0.2, 0) is 11.4 Å². The number of carbonyl (C=O) groups excluding carboxylic acids is 1. The molecule has 0 aliphatic carbocycles. The van der Waals surface area contributed by atoms with Crippen LogP contribution in [0, 0.1) is 6.92 Å². The van der Waals surface area contributed by atoms with Crippen LogP contribution in [0.25, 0.3) is 5.65 Å². The molecule has 1 aliphatic rings. The summed E-state index contributed by atoms with van der Waals surface area (Å²) in [6.07, 6.45) is 4.11. The molecule has 6 rings (SSSR count). The Bertz CT molecular complexity index is 1710. The molecular weight excluding hydrogens is 552 g/mol. The summed E-state index contributed by atoms with van der Waals surface area (Å²) in [6, 6.07) is 28.2. The Morgan fingerprint density at radius 1 is 0.864 bits per heavy atom. The number of imidazole rings is 1. The quantitative estimate of drug-likeness (QED) is 0.196. The fraction of sp³-hybridized carbons (Fsp3) is 0.278. The van der Waals surface area contributed by atoms with Gasteiger partial charge in [0.2, 0.25) is 5.91 Å². The van der Waals surface area contributed by atoms with Gasteiger partial charge in [-0.1, -0.05) is 48.5 Å². The highest BCUT2D eigenvalue weighted by atomic mass is 16.5. The van der Waals surface area contributed by atoms with Crippen molar-refractivity contribution in [1.29, 1.82) is 0 Å². The number of aromatic nitrogens is 2. The Morgan fingerprint density at radius 2 is 1.57 bits per heavy atom. The van der Waals surface area contributed by atoms with Gasteiger partial charge in [-0.25, -0.2) is 4.98 Å². The van der Waals surface area contributed by atoms with Gasteiger partial charge in [0.05, 0.1) is 19.9 Å². The topological polar surface area (TPSA) is 68.5 Å². The van der Waals surface area contributed by atoms with Crippen molar-refractivity contribution in [2.75, 3.05) is 45.3 Å². The molecule has 0 radical (unpaired) electrons. The van der Waals surface area contributed by atoms with Gasteiger partial charge >= 0.3 is 0 Å². The fourth-order valence-corrected chi connectivity index (χ4v) is 5.95. The van der Waals surface area contributed by atoms with Gasteiger partial charge in [-0.15, -0.1) is 0 Å². The molecule has 0 saturated carbocycles. The van der Waals surface area contributed by atoms with E-state index < -0.39 is 0 Å². The third-order valence-corrected chi connectivity index (χ3v) is 8.37. The van der Waals surface area contributed by atoms with Crippen molar-refractivity contribution in [3.05, 3.63) is 120 Å². The summed E-state index contributed by atoms with van der Waals surface area (Å²) in [4.78, 5) is 23.1. The Kier molecular flexibility index (Phi) is 8.68. The molecule has 5 aromatic rings. The van der Waals surface area contributed by atoms with Gasteiger partial charge in [0, 0.05) is 62.7 Å². The van der Waals surface area contributed by atoms with Crippen LogP contribution in [0.1, 0.15) is 34.7 Å². The second-order valence-corrected chi connectivity index (χ2v) is 11.1. The first-order valence-corrected chi connectivity index (χ1v) is 15.0. The summed E-state index contributed by atoms with van der Waals surface area (Å²) in [5.74, 6) is 1.84. The van der Waals surface area contributed by atoms with E-state index in [1.165, 1.54) is 11.3 Å². The van der Waals surface area contributed by atoms with Crippen LogP contribution in [0.5, 0.6) is 17.2 Å². The van der Waals surface area contributed by atoms with Crippen molar-refractivity contribution in [3.8, 4) is 17.2 Å². The minimum atomic E-state index is -0.291. The number of piperazine rings is 1.